The fourth-order valence-electron chi connectivity index (χ4n) is 1.68. The summed E-state index contributed by atoms with van der Waals surface area (Å²) in [5, 5.41) is 7.84. The molecule has 1 aromatic carbocycles. The molecular weight excluding hydrogens is 242 g/mol. The Morgan fingerprint density at radius 2 is 2.11 bits per heavy atom. The number of rotatable bonds is 8. The van der Waals surface area contributed by atoms with Gasteiger partial charge in [0.05, 0.1) is 7.11 Å². The molecule has 0 amide bonds. The van der Waals surface area contributed by atoms with Crippen LogP contribution in [0, 0.1) is 5.41 Å². The van der Waals surface area contributed by atoms with E-state index in [0.29, 0.717) is 11.3 Å². The van der Waals surface area contributed by atoms with Crippen LogP contribution in [0.3, 0.4) is 0 Å². The maximum absolute atomic E-state index is 7.84. The summed E-state index contributed by atoms with van der Waals surface area (Å²) in [4.78, 5) is 10.4. The summed E-state index contributed by atoms with van der Waals surface area (Å²) in [6, 6.07) is 7.19. The molecule has 1 unspecified atom stereocenters. The first-order chi connectivity index (χ1) is 9.21. The average Bonchev–Trinajstić information content (AvgIpc) is 2.47. The zero-order valence-electron chi connectivity index (χ0n) is 11.9. The molecule has 0 spiro atoms. The molecule has 0 fully saturated rings. The minimum Gasteiger partial charge on any atom is -0.497 e. The van der Waals surface area contributed by atoms with Gasteiger partial charge in [-0.15, -0.1) is 0 Å². The normalized spacial score (nSPS) is 11.9. The first-order valence-electron chi connectivity index (χ1n) is 6.77. The molecule has 0 saturated carbocycles. The highest BCUT2D eigenvalue weighted by Gasteiger charge is 2.11. The predicted molar refractivity (Wildman–Crippen MR) is 75.6 cm³/mol. The molecule has 0 aliphatic rings. The Hall–Kier alpha value is -1.55. The third-order valence-corrected chi connectivity index (χ3v) is 2.93. The van der Waals surface area contributed by atoms with Crippen molar-refractivity contribution in [1.29, 1.82) is 5.41 Å². The van der Waals surface area contributed by atoms with E-state index in [4.69, 9.17) is 19.9 Å². The van der Waals surface area contributed by atoms with Crippen molar-refractivity contribution in [2.24, 2.45) is 0 Å². The maximum atomic E-state index is 7.84. The van der Waals surface area contributed by atoms with Gasteiger partial charge in [-0.05, 0) is 31.0 Å². The highest BCUT2D eigenvalue weighted by atomic mass is 17.2. The predicted octanol–water partition coefficient (Wildman–Crippen LogP) is 3.94. The van der Waals surface area contributed by atoms with Crippen LogP contribution in [0.25, 0.3) is 0 Å². The van der Waals surface area contributed by atoms with E-state index in [9.17, 15) is 0 Å². The molecular formula is C15H23NO3. The van der Waals surface area contributed by atoms with Crippen LogP contribution in [0.15, 0.2) is 24.3 Å². The minimum absolute atomic E-state index is 0.00819. The highest BCUT2D eigenvalue weighted by molar-refractivity contribution is 5.91. The van der Waals surface area contributed by atoms with Crippen LogP contribution in [-0.4, -0.2) is 19.1 Å². The van der Waals surface area contributed by atoms with Gasteiger partial charge in [-0.1, -0.05) is 32.8 Å². The maximum Gasteiger partial charge on any atom is 0.256 e. The highest BCUT2D eigenvalue weighted by Crippen LogP contribution is 2.15. The SMILES string of the molecule is CCCCC(CC)OOC(=N)c1cccc(OC)c1. The van der Waals surface area contributed by atoms with Gasteiger partial charge in [0.2, 0.25) is 0 Å². The van der Waals surface area contributed by atoms with Gasteiger partial charge in [-0.2, -0.15) is 4.89 Å². The summed E-state index contributed by atoms with van der Waals surface area (Å²) in [6.07, 6.45) is 4.12. The third kappa shape index (κ3) is 5.30. The zero-order chi connectivity index (χ0) is 14.1. The molecule has 1 rings (SSSR count). The molecule has 4 heteroatoms. The zero-order valence-corrected chi connectivity index (χ0v) is 11.9. The molecule has 4 nitrogen and oxygen atoms in total. The van der Waals surface area contributed by atoms with Crippen LogP contribution >= 0.6 is 0 Å². The van der Waals surface area contributed by atoms with E-state index in [0.717, 1.165) is 25.7 Å². The number of unbranched alkanes of at least 4 members (excludes halogenated alkanes) is 1. The van der Waals surface area contributed by atoms with E-state index in [1.807, 2.05) is 12.1 Å². The van der Waals surface area contributed by atoms with Crippen LogP contribution in [0.2, 0.25) is 0 Å². The smallest absolute Gasteiger partial charge is 0.256 e. The molecule has 0 radical (unpaired) electrons. The molecule has 19 heavy (non-hydrogen) atoms. The lowest BCUT2D eigenvalue weighted by atomic mass is 10.1. The fraction of sp³-hybridized carbons (Fsp3) is 0.533. The van der Waals surface area contributed by atoms with Gasteiger partial charge in [0, 0.05) is 5.56 Å². The van der Waals surface area contributed by atoms with Crippen molar-refractivity contribution >= 4 is 5.90 Å². The summed E-state index contributed by atoms with van der Waals surface area (Å²) in [6.45, 7) is 4.20. The van der Waals surface area contributed by atoms with Crippen LogP contribution in [0.5, 0.6) is 5.75 Å². The average molecular weight is 265 g/mol. The van der Waals surface area contributed by atoms with Gasteiger partial charge in [0.1, 0.15) is 11.9 Å². The van der Waals surface area contributed by atoms with Gasteiger partial charge < -0.3 is 9.62 Å². The summed E-state index contributed by atoms with van der Waals surface area (Å²) in [5.41, 5.74) is 0.643. The standard InChI is InChI=1S/C15H23NO3/c1-4-6-9-13(5-2)18-19-15(16)12-8-7-10-14(11-12)17-3/h7-8,10-11,13,16H,4-6,9H2,1-3H3. The molecule has 0 saturated heterocycles. The Morgan fingerprint density at radius 3 is 2.74 bits per heavy atom. The molecule has 106 valence electrons. The van der Waals surface area contributed by atoms with E-state index < -0.39 is 0 Å². The number of methoxy groups -OCH3 is 1. The molecule has 0 aliphatic heterocycles. The van der Waals surface area contributed by atoms with E-state index in [1.165, 1.54) is 0 Å². The third-order valence-electron chi connectivity index (χ3n) is 2.93. The van der Waals surface area contributed by atoms with Gasteiger partial charge in [-0.3, -0.25) is 5.41 Å². The largest absolute Gasteiger partial charge is 0.497 e. The number of hydrogen-bond donors (Lipinski definition) is 1. The first-order valence-corrected chi connectivity index (χ1v) is 6.77. The Labute approximate surface area is 115 Å². The van der Waals surface area contributed by atoms with Crippen molar-refractivity contribution in [2.45, 2.75) is 45.6 Å². The van der Waals surface area contributed by atoms with Crippen LogP contribution in [0.1, 0.15) is 45.1 Å². The lowest BCUT2D eigenvalue weighted by Gasteiger charge is -2.15. The van der Waals surface area contributed by atoms with Crippen molar-refractivity contribution in [3.63, 3.8) is 0 Å². The second-order valence-corrected chi connectivity index (χ2v) is 4.41. The molecule has 0 heterocycles. The fourth-order valence-corrected chi connectivity index (χ4v) is 1.68. The molecule has 1 atom stereocenters. The topological polar surface area (TPSA) is 51.5 Å². The quantitative estimate of drug-likeness (QED) is 0.335. The summed E-state index contributed by atoms with van der Waals surface area (Å²) >= 11 is 0. The Balaban J connectivity index is 2.49. The lowest BCUT2D eigenvalue weighted by molar-refractivity contribution is -0.261. The Bertz CT molecular complexity index is 393. The second kappa shape index (κ2) is 8.53. The number of benzene rings is 1. The van der Waals surface area contributed by atoms with E-state index in [1.54, 1.807) is 19.2 Å². The van der Waals surface area contributed by atoms with Gasteiger partial charge in [0.25, 0.3) is 5.90 Å². The summed E-state index contributed by atoms with van der Waals surface area (Å²) in [7, 11) is 1.60. The van der Waals surface area contributed by atoms with Crippen LogP contribution in [0.4, 0.5) is 0 Å². The monoisotopic (exact) mass is 265 g/mol. The molecule has 1 N–H and O–H groups in total. The van der Waals surface area contributed by atoms with Gasteiger partial charge in [0.15, 0.2) is 0 Å². The minimum atomic E-state index is 0.00819. The molecule has 0 bridgehead atoms. The molecule has 1 aromatic rings. The van der Waals surface area contributed by atoms with Crippen LogP contribution < -0.4 is 4.74 Å². The lowest BCUT2D eigenvalue weighted by Crippen LogP contribution is -2.16. The van der Waals surface area contributed by atoms with E-state index in [-0.39, 0.29) is 12.0 Å². The van der Waals surface area contributed by atoms with Crippen molar-refractivity contribution < 1.29 is 14.5 Å². The van der Waals surface area contributed by atoms with E-state index >= 15 is 0 Å². The van der Waals surface area contributed by atoms with Crippen molar-refractivity contribution in [1.82, 2.24) is 0 Å². The van der Waals surface area contributed by atoms with Gasteiger partial charge in [-0.25, -0.2) is 0 Å². The van der Waals surface area contributed by atoms with Crippen molar-refractivity contribution in [3.05, 3.63) is 29.8 Å². The van der Waals surface area contributed by atoms with Crippen molar-refractivity contribution in [2.75, 3.05) is 7.11 Å². The molecule has 0 aliphatic carbocycles. The summed E-state index contributed by atoms with van der Waals surface area (Å²) < 4.78 is 5.11. The Kier molecular flexibility index (Phi) is 6.97. The number of hydrogen-bond acceptors (Lipinski definition) is 4. The first kappa shape index (κ1) is 15.5. The molecule has 0 aromatic heterocycles. The van der Waals surface area contributed by atoms with Crippen LogP contribution in [-0.2, 0) is 9.78 Å². The number of nitrogens with one attached hydrogen (secondary N) is 1. The summed E-state index contributed by atoms with van der Waals surface area (Å²) in [5.74, 6) is 0.706. The van der Waals surface area contributed by atoms with Gasteiger partial charge >= 0.3 is 0 Å². The number of ether oxygens (including phenoxy) is 1. The van der Waals surface area contributed by atoms with Crippen molar-refractivity contribution in [3.8, 4) is 5.75 Å². The Morgan fingerprint density at radius 1 is 1.32 bits per heavy atom. The second-order valence-electron chi connectivity index (χ2n) is 4.41. The van der Waals surface area contributed by atoms with E-state index in [2.05, 4.69) is 13.8 Å².